The second-order valence-corrected chi connectivity index (χ2v) is 2.53. The van der Waals surface area contributed by atoms with Crippen LogP contribution in [-0.2, 0) is 0 Å². The Balaban J connectivity index is 3.12. The fourth-order valence-electron chi connectivity index (χ4n) is 0.979. The molecule has 0 unspecified atom stereocenters. The van der Waals surface area contributed by atoms with Gasteiger partial charge in [0.25, 0.3) is 0 Å². The lowest BCUT2D eigenvalue weighted by molar-refractivity contribution is 0.503. The quantitative estimate of drug-likeness (QED) is 0.733. The molecule has 0 fully saturated rings. The first-order valence-electron chi connectivity index (χ1n) is 3.63. The van der Waals surface area contributed by atoms with E-state index in [1.807, 2.05) is 0 Å². The Kier molecular flexibility index (Phi) is 2.70. The average Bonchev–Trinajstić information content (AvgIpc) is 2.03. The standard InChI is InChI=1S/C8H10F2N2/c1-5(11-2)8-6(9)3-12-4-7(8)10/h3-5,11H,1-2H3/t5-/m1/s1. The molecule has 1 N–H and O–H groups in total. The minimum absolute atomic E-state index is 0.0347. The van der Waals surface area contributed by atoms with Gasteiger partial charge in [-0.15, -0.1) is 0 Å². The molecular weight excluding hydrogens is 162 g/mol. The van der Waals surface area contributed by atoms with Gasteiger partial charge in [0.05, 0.1) is 12.4 Å². The molecule has 2 nitrogen and oxygen atoms in total. The highest BCUT2D eigenvalue weighted by atomic mass is 19.1. The number of nitrogens with zero attached hydrogens (tertiary/aromatic N) is 1. The highest BCUT2D eigenvalue weighted by Crippen LogP contribution is 2.18. The monoisotopic (exact) mass is 172 g/mol. The van der Waals surface area contributed by atoms with Gasteiger partial charge in [0, 0.05) is 11.6 Å². The molecule has 1 aromatic heterocycles. The maximum absolute atomic E-state index is 12.9. The van der Waals surface area contributed by atoms with Gasteiger partial charge in [0.1, 0.15) is 11.6 Å². The van der Waals surface area contributed by atoms with Gasteiger partial charge < -0.3 is 5.32 Å². The summed E-state index contributed by atoms with van der Waals surface area (Å²) in [6, 6.07) is -0.340. The predicted octanol–water partition coefficient (Wildman–Crippen LogP) is 1.64. The van der Waals surface area contributed by atoms with E-state index in [9.17, 15) is 8.78 Å². The Bertz CT molecular complexity index is 256. The van der Waals surface area contributed by atoms with Crippen molar-refractivity contribution in [2.24, 2.45) is 0 Å². The Morgan fingerprint density at radius 3 is 2.25 bits per heavy atom. The molecule has 1 heterocycles. The summed E-state index contributed by atoms with van der Waals surface area (Å²) in [5.74, 6) is -1.23. The minimum atomic E-state index is -0.614. The van der Waals surface area contributed by atoms with Crippen LogP contribution >= 0.6 is 0 Å². The van der Waals surface area contributed by atoms with Crippen LogP contribution < -0.4 is 5.32 Å². The summed E-state index contributed by atoms with van der Waals surface area (Å²) in [5, 5.41) is 2.76. The van der Waals surface area contributed by atoms with Crippen molar-refractivity contribution in [1.29, 1.82) is 0 Å². The topological polar surface area (TPSA) is 24.9 Å². The average molecular weight is 172 g/mol. The van der Waals surface area contributed by atoms with Crippen molar-refractivity contribution in [3.63, 3.8) is 0 Å². The summed E-state index contributed by atoms with van der Waals surface area (Å²) >= 11 is 0. The minimum Gasteiger partial charge on any atom is -0.313 e. The molecule has 0 aromatic carbocycles. The first-order chi connectivity index (χ1) is 5.66. The number of hydrogen-bond donors (Lipinski definition) is 1. The molecule has 0 spiro atoms. The van der Waals surface area contributed by atoms with E-state index in [1.165, 1.54) is 0 Å². The van der Waals surface area contributed by atoms with Gasteiger partial charge in [-0.05, 0) is 14.0 Å². The van der Waals surface area contributed by atoms with Gasteiger partial charge in [-0.3, -0.25) is 4.98 Å². The molecule has 0 radical (unpaired) electrons. The van der Waals surface area contributed by atoms with Gasteiger partial charge in [0.2, 0.25) is 0 Å². The van der Waals surface area contributed by atoms with E-state index < -0.39 is 11.6 Å². The van der Waals surface area contributed by atoms with Crippen LogP contribution in [0, 0.1) is 11.6 Å². The van der Waals surface area contributed by atoms with Crippen molar-refractivity contribution < 1.29 is 8.78 Å². The molecule has 1 aromatic rings. The first kappa shape index (κ1) is 9.06. The zero-order valence-electron chi connectivity index (χ0n) is 6.94. The summed E-state index contributed by atoms with van der Waals surface area (Å²) < 4.78 is 25.9. The van der Waals surface area contributed by atoms with Crippen molar-refractivity contribution in [3.8, 4) is 0 Å². The van der Waals surface area contributed by atoms with E-state index in [0.717, 1.165) is 12.4 Å². The molecule has 0 saturated carbocycles. The highest BCUT2D eigenvalue weighted by Gasteiger charge is 2.14. The number of nitrogens with one attached hydrogen (secondary N) is 1. The fraction of sp³-hybridized carbons (Fsp3) is 0.375. The summed E-state index contributed by atoms with van der Waals surface area (Å²) in [7, 11) is 1.64. The second-order valence-electron chi connectivity index (χ2n) is 2.53. The van der Waals surface area contributed by atoms with Gasteiger partial charge in [0.15, 0.2) is 0 Å². The van der Waals surface area contributed by atoms with Crippen LogP contribution in [0.3, 0.4) is 0 Å². The second kappa shape index (κ2) is 3.58. The van der Waals surface area contributed by atoms with Crippen LogP contribution in [-0.4, -0.2) is 12.0 Å². The van der Waals surface area contributed by atoms with Gasteiger partial charge in [-0.25, -0.2) is 8.78 Å². The van der Waals surface area contributed by atoms with Crippen molar-refractivity contribution in [1.82, 2.24) is 10.3 Å². The van der Waals surface area contributed by atoms with E-state index in [2.05, 4.69) is 10.3 Å². The Morgan fingerprint density at radius 2 is 1.83 bits per heavy atom. The van der Waals surface area contributed by atoms with Crippen LogP contribution in [0.2, 0.25) is 0 Å². The number of pyridine rings is 1. The SMILES string of the molecule is CN[C@H](C)c1c(F)cncc1F. The Labute approximate surface area is 69.6 Å². The predicted molar refractivity (Wildman–Crippen MR) is 41.6 cm³/mol. The van der Waals surface area contributed by atoms with Gasteiger partial charge in [-0.2, -0.15) is 0 Å². The number of aromatic nitrogens is 1. The molecule has 0 saturated heterocycles. The summed E-state index contributed by atoms with van der Waals surface area (Å²) in [5.41, 5.74) is 0.0347. The third-order valence-corrected chi connectivity index (χ3v) is 1.76. The van der Waals surface area contributed by atoms with E-state index in [4.69, 9.17) is 0 Å². The molecule has 4 heteroatoms. The van der Waals surface area contributed by atoms with Crippen molar-refractivity contribution in [2.75, 3.05) is 7.05 Å². The maximum Gasteiger partial charge on any atom is 0.149 e. The lowest BCUT2D eigenvalue weighted by Crippen LogP contribution is -2.15. The summed E-state index contributed by atoms with van der Waals surface area (Å²) in [6.07, 6.45) is 2.01. The van der Waals surface area contributed by atoms with Crippen LogP contribution in [0.25, 0.3) is 0 Å². The van der Waals surface area contributed by atoms with Gasteiger partial charge in [-0.1, -0.05) is 0 Å². The molecule has 0 amide bonds. The zero-order chi connectivity index (χ0) is 9.14. The number of hydrogen-bond acceptors (Lipinski definition) is 2. The van der Waals surface area contributed by atoms with Gasteiger partial charge >= 0.3 is 0 Å². The molecule has 0 aliphatic carbocycles. The van der Waals surface area contributed by atoms with E-state index in [-0.39, 0.29) is 11.6 Å². The van der Waals surface area contributed by atoms with E-state index in [0.29, 0.717) is 0 Å². The smallest absolute Gasteiger partial charge is 0.149 e. The van der Waals surface area contributed by atoms with Crippen molar-refractivity contribution >= 4 is 0 Å². The fourth-order valence-corrected chi connectivity index (χ4v) is 0.979. The largest absolute Gasteiger partial charge is 0.313 e. The molecule has 0 bridgehead atoms. The lowest BCUT2D eigenvalue weighted by Gasteiger charge is -2.11. The Morgan fingerprint density at radius 1 is 1.33 bits per heavy atom. The molecule has 12 heavy (non-hydrogen) atoms. The molecule has 0 aliphatic heterocycles. The van der Waals surface area contributed by atoms with E-state index in [1.54, 1.807) is 14.0 Å². The summed E-state index contributed by atoms with van der Waals surface area (Å²) in [6.45, 7) is 1.68. The molecule has 66 valence electrons. The van der Waals surface area contributed by atoms with E-state index >= 15 is 0 Å². The molecule has 1 rings (SSSR count). The third-order valence-electron chi connectivity index (χ3n) is 1.76. The summed E-state index contributed by atoms with van der Waals surface area (Å²) in [4.78, 5) is 3.38. The number of rotatable bonds is 2. The molecule has 1 atom stereocenters. The maximum atomic E-state index is 12.9. The normalized spacial score (nSPS) is 13.0. The first-order valence-corrected chi connectivity index (χ1v) is 3.63. The molecule has 0 aliphatic rings. The van der Waals surface area contributed by atoms with Crippen LogP contribution in [0.5, 0.6) is 0 Å². The van der Waals surface area contributed by atoms with Crippen LogP contribution in [0.15, 0.2) is 12.4 Å². The third kappa shape index (κ3) is 1.58. The van der Waals surface area contributed by atoms with Crippen LogP contribution in [0.1, 0.15) is 18.5 Å². The van der Waals surface area contributed by atoms with Crippen LogP contribution in [0.4, 0.5) is 8.78 Å². The Hall–Kier alpha value is -1.03. The van der Waals surface area contributed by atoms with Crippen molar-refractivity contribution in [3.05, 3.63) is 29.6 Å². The molecular formula is C8H10F2N2. The number of halogens is 2. The highest BCUT2D eigenvalue weighted by molar-refractivity contribution is 5.18. The lowest BCUT2D eigenvalue weighted by atomic mass is 10.1. The van der Waals surface area contributed by atoms with Crippen molar-refractivity contribution in [2.45, 2.75) is 13.0 Å². The zero-order valence-corrected chi connectivity index (χ0v) is 6.94.